The predicted molar refractivity (Wildman–Crippen MR) is 71.1 cm³/mol. The highest BCUT2D eigenvalue weighted by Gasteiger charge is 2.19. The molecule has 0 aliphatic carbocycles. The maximum Gasteiger partial charge on any atom is 0.283 e. The number of carbonyl (C=O) groups is 1. The summed E-state index contributed by atoms with van der Waals surface area (Å²) in [5, 5.41) is 13.4. The van der Waals surface area contributed by atoms with Crippen LogP contribution in [-0.2, 0) is 6.54 Å². The molecule has 0 aliphatic heterocycles. The average Bonchev–Trinajstić information content (AvgIpc) is 2.79. The number of nitrogens with one attached hydrogen (secondary N) is 1. The molecule has 2 rings (SSSR count). The second-order valence-corrected chi connectivity index (χ2v) is 5.07. The minimum Gasteiger partial charge on any atom is -0.346 e. The van der Waals surface area contributed by atoms with Gasteiger partial charge in [0.15, 0.2) is 0 Å². The van der Waals surface area contributed by atoms with Crippen molar-refractivity contribution in [2.75, 3.05) is 0 Å². The molecule has 0 unspecified atom stereocenters. The third-order valence-electron chi connectivity index (χ3n) is 2.47. The molecule has 0 aromatic carbocycles. The van der Waals surface area contributed by atoms with Crippen LogP contribution in [0.25, 0.3) is 0 Å². The summed E-state index contributed by atoms with van der Waals surface area (Å²) in [5.41, 5.74) is 0.714. The molecule has 2 heterocycles. The first-order valence-electron chi connectivity index (χ1n) is 5.51. The summed E-state index contributed by atoms with van der Waals surface area (Å²) in [7, 11) is 0. The molecular formula is C12H11N3O3S. The van der Waals surface area contributed by atoms with Gasteiger partial charge in [-0.05, 0) is 19.1 Å². The van der Waals surface area contributed by atoms with Crippen LogP contribution in [0, 0.1) is 17.0 Å². The van der Waals surface area contributed by atoms with Crippen molar-refractivity contribution in [1.82, 2.24) is 10.3 Å². The maximum atomic E-state index is 11.9. The number of amides is 1. The number of nitro groups is 1. The lowest BCUT2D eigenvalue weighted by Crippen LogP contribution is -2.22. The molecule has 0 aliphatic rings. The number of aryl methyl sites for hydroxylation is 1. The van der Waals surface area contributed by atoms with Crippen molar-refractivity contribution in [1.29, 1.82) is 0 Å². The van der Waals surface area contributed by atoms with Gasteiger partial charge in [-0.25, -0.2) is 0 Å². The molecule has 0 saturated heterocycles. The lowest BCUT2D eigenvalue weighted by molar-refractivity contribution is -0.385. The molecular weight excluding hydrogens is 266 g/mol. The number of thiophene rings is 1. The first-order chi connectivity index (χ1) is 9.08. The molecule has 19 heavy (non-hydrogen) atoms. The topological polar surface area (TPSA) is 85.1 Å². The van der Waals surface area contributed by atoms with E-state index in [1.54, 1.807) is 25.3 Å². The zero-order valence-corrected chi connectivity index (χ0v) is 10.9. The third kappa shape index (κ3) is 3.14. The van der Waals surface area contributed by atoms with Crippen LogP contribution in [0.15, 0.2) is 30.5 Å². The largest absolute Gasteiger partial charge is 0.346 e. The molecule has 0 fully saturated rings. The Morgan fingerprint density at radius 1 is 1.53 bits per heavy atom. The van der Waals surface area contributed by atoms with E-state index in [4.69, 9.17) is 0 Å². The van der Waals surface area contributed by atoms with Gasteiger partial charge in [-0.2, -0.15) is 0 Å². The van der Waals surface area contributed by atoms with E-state index in [-0.39, 0.29) is 11.6 Å². The summed E-state index contributed by atoms with van der Waals surface area (Å²) in [6.45, 7) is 1.92. The normalized spacial score (nSPS) is 10.2. The molecule has 0 bridgehead atoms. The van der Waals surface area contributed by atoms with Gasteiger partial charge >= 0.3 is 0 Å². The summed E-state index contributed by atoms with van der Waals surface area (Å²) < 4.78 is 0. The fraction of sp³-hybridized carbons (Fsp3) is 0.167. The molecule has 0 saturated carbocycles. The summed E-state index contributed by atoms with van der Waals surface area (Å²) in [4.78, 5) is 27.0. The van der Waals surface area contributed by atoms with Crippen molar-refractivity contribution >= 4 is 22.9 Å². The van der Waals surface area contributed by atoms with Crippen molar-refractivity contribution in [2.45, 2.75) is 13.5 Å². The van der Waals surface area contributed by atoms with Crippen molar-refractivity contribution in [3.63, 3.8) is 0 Å². The molecule has 7 heteroatoms. The summed E-state index contributed by atoms with van der Waals surface area (Å²) in [5.74, 6) is -0.327. The van der Waals surface area contributed by atoms with Crippen LogP contribution >= 0.6 is 11.3 Å². The van der Waals surface area contributed by atoms with E-state index in [2.05, 4.69) is 10.3 Å². The quantitative estimate of drug-likeness (QED) is 0.686. The van der Waals surface area contributed by atoms with Gasteiger partial charge in [-0.1, -0.05) is 6.07 Å². The molecule has 6 nitrogen and oxygen atoms in total. The van der Waals surface area contributed by atoms with Gasteiger partial charge in [-0.3, -0.25) is 19.9 Å². The Hall–Kier alpha value is -2.28. The lowest BCUT2D eigenvalue weighted by atomic mass is 10.3. The third-order valence-corrected chi connectivity index (χ3v) is 3.51. The van der Waals surface area contributed by atoms with E-state index in [0.717, 1.165) is 17.0 Å². The Kier molecular flexibility index (Phi) is 3.86. The Balaban J connectivity index is 2.04. The van der Waals surface area contributed by atoms with Crippen LogP contribution in [0.2, 0.25) is 0 Å². The number of hydrogen-bond acceptors (Lipinski definition) is 5. The van der Waals surface area contributed by atoms with Crippen molar-refractivity contribution in [2.24, 2.45) is 0 Å². The first-order valence-corrected chi connectivity index (χ1v) is 6.32. The van der Waals surface area contributed by atoms with Gasteiger partial charge in [0.2, 0.25) is 0 Å². The van der Waals surface area contributed by atoms with Crippen LogP contribution in [0.3, 0.4) is 0 Å². The fourth-order valence-corrected chi connectivity index (χ4v) is 2.43. The number of nitrogens with zero attached hydrogens (tertiary/aromatic N) is 2. The van der Waals surface area contributed by atoms with Gasteiger partial charge in [-0.15, -0.1) is 11.3 Å². The highest BCUT2D eigenvalue weighted by atomic mass is 32.1. The highest BCUT2D eigenvalue weighted by Crippen LogP contribution is 2.27. The summed E-state index contributed by atoms with van der Waals surface area (Å²) in [6.07, 6.45) is 1.64. The van der Waals surface area contributed by atoms with Crippen molar-refractivity contribution < 1.29 is 9.72 Å². The van der Waals surface area contributed by atoms with Crippen LogP contribution < -0.4 is 5.32 Å². The van der Waals surface area contributed by atoms with E-state index in [0.29, 0.717) is 16.3 Å². The molecule has 1 amide bonds. The number of aromatic nitrogens is 1. The predicted octanol–water partition coefficient (Wildman–Crippen LogP) is 2.29. The molecule has 0 spiro atoms. The van der Waals surface area contributed by atoms with Crippen LogP contribution in [0.1, 0.15) is 20.2 Å². The monoisotopic (exact) mass is 277 g/mol. The first kappa shape index (κ1) is 13.2. The number of carbonyl (C=O) groups excluding carboxylic acids is 1. The van der Waals surface area contributed by atoms with Gasteiger partial charge in [0.1, 0.15) is 0 Å². The van der Waals surface area contributed by atoms with E-state index in [9.17, 15) is 14.9 Å². The lowest BCUT2D eigenvalue weighted by Gasteiger charge is -2.01. The summed E-state index contributed by atoms with van der Waals surface area (Å²) >= 11 is 1.11. The minimum absolute atomic E-state index is 0.0204. The number of rotatable bonds is 4. The van der Waals surface area contributed by atoms with Crippen LogP contribution in [0.5, 0.6) is 0 Å². The zero-order valence-electron chi connectivity index (χ0n) is 10.1. The standard InChI is InChI=1S/C12H11N3O3S/c1-8-10(15(17)18)6-11(19-8)12(16)14-7-9-4-2-3-5-13-9/h2-6H,7H2,1H3,(H,14,16). The van der Waals surface area contributed by atoms with Gasteiger partial charge in [0, 0.05) is 12.3 Å². The van der Waals surface area contributed by atoms with Crippen molar-refractivity contribution in [3.8, 4) is 0 Å². The van der Waals surface area contributed by atoms with Gasteiger partial charge in [0.05, 0.1) is 26.9 Å². The molecule has 2 aromatic rings. The maximum absolute atomic E-state index is 11.9. The summed E-state index contributed by atoms with van der Waals surface area (Å²) in [6, 6.07) is 6.71. The van der Waals surface area contributed by atoms with Crippen LogP contribution in [0.4, 0.5) is 5.69 Å². The molecule has 0 atom stereocenters. The number of pyridine rings is 1. The van der Waals surface area contributed by atoms with Crippen molar-refractivity contribution in [3.05, 3.63) is 56.0 Å². The Bertz CT molecular complexity index is 610. The molecule has 1 N–H and O–H groups in total. The van der Waals surface area contributed by atoms with Crippen LogP contribution in [-0.4, -0.2) is 15.8 Å². The van der Waals surface area contributed by atoms with E-state index in [1.165, 1.54) is 6.07 Å². The SMILES string of the molecule is Cc1sc(C(=O)NCc2ccccn2)cc1[N+](=O)[O-]. The van der Waals surface area contributed by atoms with E-state index in [1.807, 2.05) is 6.07 Å². The number of hydrogen-bond donors (Lipinski definition) is 1. The van der Waals surface area contributed by atoms with E-state index >= 15 is 0 Å². The second-order valence-electron chi connectivity index (χ2n) is 3.81. The molecule has 98 valence electrons. The highest BCUT2D eigenvalue weighted by molar-refractivity contribution is 7.14. The smallest absolute Gasteiger partial charge is 0.283 e. The second kappa shape index (κ2) is 5.57. The molecule has 2 aromatic heterocycles. The van der Waals surface area contributed by atoms with Gasteiger partial charge in [0.25, 0.3) is 11.6 Å². The van der Waals surface area contributed by atoms with E-state index < -0.39 is 4.92 Å². The van der Waals surface area contributed by atoms with Gasteiger partial charge < -0.3 is 5.32 Å². The minimum atomic E-state index is -0.485. The Morgan fingerprint density at radius 2 is 2.32 bits per heavy atom. The molecule has 0 radical (unpaired) electrons. The Morgan fingerprint density at radius 3 is 2.89 bits per heavy atom. The fourth-order valence-electron chi connectivity index (χ4n) is 1.53. The average molecular weight is 277 g/mol. The Labute approximate surface area is 113 Å². The zero-order chi connectivity index (χ0) is 13.8.